The predicted octanol–water partition coefficient (Wildman–Crippen LogP) is -0.980. The number of fused-ring (bicyclic) bond motifs is 1. The molecule has 2 rings (SSSR count). The summed E-state index contributed by atoms with van der Waals surface area (Å²) in [5.74, 6) is 0.816. The second-order valence-corrected chi connectivity index (χ2v) is 4.19. The molecule has 0 radical (unpaired) electrons. The van der Waals surface area contributed by atoms with E-state index in [9.17, 15) is 4.79 Å². The first-order chi connectivity index (χ1) is 8.19. The van der Waals surface area contributed by atoms with Crippen LogP contribution in [-0.2, 0) is 4.79 Å². The Morgan fingerprint density at radius 2 is 2.05 bits per heavy atom. The normalized spacial score (nSPS) is 9.84. The number of likely N-dealkylation sites (N-methyl/N-ethyl adjacent to an activating group) is 1. The van der Waals surface area contributed by atoms with Crippen LogP contribution in [0.2, 0.25) is 0 Å². The van der Waals surface area contributed by atoms with Crippen LogP contribution < -0.4 is 56.1 Å². The average Bonchev–Trinajstić information content (AvgIpc) is 2.70. The quantitative estimate of drug-likeness (QED) is 0.567. The Balaban J connectivity index is 0.00000162. The average molecular weight is 285 g/mol. The summed E-state index contributed by atoms with van der Waals surface area (Å²) in [6.07, 6.45) is 1.84. The van der Waals surface area contributed by atoms with Gasteiger partial charge in [0.05, 0.1) is 0 Å². The van der Waals surface area contributed by atoms with Crippen LogP contribution in [-0.4, -0.2) is 43.4 Å². The molecule has 19 heavy (non-hydrogen) atoms. The zero-order valence-electron chi connectivity index (χ0n) is 12.0. The van der Waals surface area contributed by atoms with Crippen molar-refractivity contribution in [2.45, 2.75) is 0 Å². The molecular weight excluding hydrogens is 267 g/mol. The van der Waals surface area contributed by atoms with Gasteiger partial charge in [0.15, 0.2) is 0 Å². The molecule has 0 atom stereocenters. The molecule has 1 heterocycles. The number of aromatic amines is 1. The molecule has 0 aliphatic rings. The van der Waals surface area contributed by atoms with E-state index in [1.165, 1.54) is 0 Å². The minimum Gasteiger partial charge on any atom is -0.492 e. The molecule has 4 nitrogen and oxygen atoms in total. The van der Waals surface area contributed by atoms with Crippen molar-refractivity contribution in [3.63, 3.8) is 0 Å². The molecule has 2 aromatic rings. The van der Waals surface area contributed by atoms with Gasteiger partial charge in [-0.05, 0) is 32.3 Å². The molecule has 98 valence electrons. The summed E-state index contributed by atoms with van der Waals surface area (Å²) in [7, 11) is 4.01. The van der Waals surface area contributed by atoms with Gasteiger partial charge in [-0.25, -0.2) is 0 Å². The van der Waals surface area contributed by atoms with Gasteiger partial charge < -0.3 is 26.8 Å². The van der Waals surface area contributed by atoms with E-state index in [0.29, 0.717) is 12.3 Å². The summed E-state index contributed by atoms with van der Waals surface area (Å²) >= 11 is 0. The molecule has 0 amide bonds. The van der Waals surface area contributed by atoms with E-state index in [0.717, 1.165) is 23.2 Å². The van der Waals surface area contributed by atoms with Crippen LogP contribution in [0.3, 0.4) is 0 Å². The minimum atomic E-state index is 0. The Bertz CT molecular complexity index is 523. The fourth-order valence-electron chi connectivity index (χ4n) is 1.60. The van der Waals surface area contributed by atoms with Gasteiger partial charge in [0, 0.05) is 18.3 Å². The van der Waals surface area contributed by atoms with Gasteiger partial charge in [-0.2, -0.15) is 6.07 Å². The van der Waals surface area contributed by atoms with Gasteiger partial charge in [0.25, 0.3) is 0 Å². The van der Waals surface area contributed by atoms with E-state index in [1.54, 1.807) is 6.07 Å². The van der Waals surface area contributed by atoms with Crippen molar-refractivity contribution < 1.29 is 60.9 Å². The largest absolute Gasteiger partial charge is 1.00 e. The van der Waals surface area contributed by atoms with Crippen molar-refractivity contribution >= 4 is 17.2 Å². The predicted molar refractivity (Wildman–Crippen MR) is 73.6 cm³/mol. The van der Waals surface area contributed by atoms with Gasteiger partial charge in [-0.15, -0.1) is 0 Å². The summed E-state index contributed by atoms with van der Waals surface area (Å²) in [6.45, 7) is 1.52. The van der Waals surface area contributed by atoms with Crippen molar-refractivity contribution in [1.29, 1.82) is 0 Å². The van der Waals surface area contributed by atoms with E-state index < -0.39 is 0 Å². The van der Waals surface area contributed by atoms with Crippen molar-refractivity contribution in [3.8, 4) is 5.75 Å². The number of rotatable bonds is 5. The van der Waals surface area contributed by atoms with E-state index >= 15 is 0 Å². The summed E-state index contributed by atoms with van der Waals surface area (Å²) in [5.41, 5.74) is 1.38. The summed E-state index contributed by atoms with van der Waals surface area (Å²) in [6, 6.07) is 7.48. The number of hydrogen-bond acceptors (Lipinski definition) is 3. The molecule has 0 bridgehead atoms. The fourth-order valence-corrected chi connectivity index (χ4v) is 1.60. The van der Waals surface area contributed by atoms with E-state index in [1.807, 2.05) is 38.6 Å². The summed E-state index contributed by atoms with van der Waals surface area (Å²) < 4.78 is 5.61. The van der Waals surface area contributed by atoms with Gasteiger partial charge in [0.2, 0.25) is 0 Å². The van der Waals surface area contributed by atoms with Crippen LogP contribution in [0.25, 0.3) is 10.9 Å². The molecule has 1 aromatic carbocycles. The van der Waals surface area contributed by atoms with Crippen LogP contribution in [0.1, 0.15) is 5.69 Å². The van der Waals surface area contributed by atoms with Crippen molar-refractivity contribution in [1.82, 2.24) is 9.88 Å². The topological polar surface area (TPSA) is 45.3 Å². The second kappa shape index (κ2) is 8.89. The first kappa shape index (κ1) is 18.8. The molecule has 5 heteroatoms. The van der Waals surface area contributed by atoms with Gasteiger partial charge in [0.1, 0.15) is 12.4 Å². The smallest absolute Gasteiger partial charge is 0.492 e. The molecule has 0 unspecified atom stereocenters. The third-order valence-electron chi connectivity index (χ3n) is 2.51. The minimum absolute atomic E-state index is 0. The standard InChI is InChI=1S/C13H15N2O2.CH3.K/c1-15(2)5-6-17-12-3-4-13-10(8-12)7-11(9-16)14-13;;/h3-4,7-8,14H,5-6H2,1-2H3;1H3;/q2*-1;+1. The SMILES string of the molecule is CN(C)CCOc1ccc2[nH]c([C-]=O)cc2c1.[CH3-].[K+]. The van der Waals surface area contributed by atoms with Gasteiger partial charge in [-0.1, -0.05) is 11.1 Å². The van der Waals surface area contributed by atoms with Crippen LogP contribution >= 0.6 is 0 Å². The first-order valence-electron chi connectivity index (χ1n) is 5.47. The molecule has 0 saturated heterocycles. The maximum absolute atomic E-state index is 10.5. The van der Waals surface area contributed by atoms with E-state index in [2.05, 4.69) is 9.88 Å². The number of hydrogen-bond donors (Lipinski definition) is 1. The summed E-state index contributed by atoms with van der Waals surface area (Å²) in [4.78, 5) is 15.5. The maximum atomic E-state index is 10.5. The number of benzene rings is 1. The van der Waals surface area contributed by atoms with E-state index in [-0.39, 0.29) is 58.8 Å². The molecule has 0 spiro atoms. The van der Waals surface area contributed by atoms with E-state index in [4.69, 9.17) is 4.74 Å². The molecule has 1 N–H and O–H groups in total. The number of nitrogens with one attached hydrogen (secondary N) is 1. The van der Waals surface area contributed by atoms with Crippen LogP contribution in [0.15, 0.2) is 24.3 Å². The monoisotopic (exact) mass is 285 g/mol. The van der Waals surface area contributed by atoms with Crippen LogP contribution in [0, 0.1) is 7.43 Å². The van der Waals surface area contributed by atoms with Gasteiger partial charge in [-0.3, -0.25) is 0 Å². The molecule has 0 saturated carbocycles. The number of aromatic nitrogens is 1. The Hall–Kier alpha value is -0.174. The third-order valence-corrected chi connectivity index (χ3v) is 2.51. The second-order valence-electron chi connectivity index (χ2n) is 4.19. The van der Waals surface area contributed by atoms with Crippen LogP contribution in [0.4, 0.5) is 0 Å². The zero-order valence-corrected chi connectivity index (χ0v) is 15.1. The Labute approximate surface area is 156 Å². The molecule has 0 aliphatic heterocycles. The Morgan fingerprint density at radius 1 is 1.32 bits per heavy atom. The molecular formula is C14H18KN2O2-. The number of carbonyl (C=O) groups excluding carboxylic acids is 1. The fraction of sp³-hybridized carbons (Fsp3) is 0.286. The molecule has 0 fully saturated rings. The van der Waals surface area contributed by atoms with Crippen molar-refractivity contribution in [2.75, 3.05) is 27.2 Å². The number of ether oxygens (including phenoxy) is 1. The Kier molecular flexibility index (Phi) is 8.81. The molecule has 0 aliphatic carbocycles. The van der Waals surface area contributed by atoms with Gasteiger partial charge >= 0.3 is 51.4 Å². The molecule has 1 aromatic heterocycles. The summed E-state index contributed by atoms with van der Waals surface area (Å²) in [5, 5.41) is 0.964. The van der Waals surface area contributed by atoms with Crippen molar-refractivity contribution in [3.05, 3.63) is 37.4 Å². The number of nitrogens with zero attached hydrogens (tertiary/aromatic N) is 1. The third kappa shape index (κ3) is 5.37. The maximum Gasteiger partial charge on any atom is 1.00 e. The Morgan fingerprint density at radius 3 is 2.68 bits per heavy atom. The zero-order chi connectivity index (χ0) is 12.3. The number of H-pyrrole nitrogens is 1. The van der Waals surface area contributed by atoms with Crippen LogP contribution in [0.5, 0.6) is 5.75 Å². The first-order valence-corrected chi connectivity index (χ1v) is 5.47. The van der Waals surface area contributed by atoms with Crippen molar-refractivity contribution in [2.24, 2.45) is 0 Å².